The van der Waals surface area contributed by atoms with Crippen molar-refractivity contribution in [3.63, 3.8) is 0 Å². The lowest BCUT2D eigenvalue weighted by Crippen LogP contribution is -2.30. The van der Waals surface area contributed by atoms with Crippen molar-refractivity contribution in [3.05, 3.63) is 59.7 Å². The predicted octanol–water partition coefficient (Wildman–Crippen LogP) is 2.90. The predicted molar refractivity (Wildman–Crippen MR) is 86.2 cm³/mol. The summed E-state index contributed by atoms with van der Waals surface area (Å²) in [4.78, 5) is 12.1. The second-order valence-electron chi connectivity index (χ2n) is 5.38. The van der Waals surface area contributed by atoms with Gasteiger partial charge in [0, 0.05) is 17.7 Å². The summed E-state index contributed by atoms with van der Waals surface area (Å²) >= 11 is 0. The van der Waals surface area contributed by atoms with Crippen LogP contribution in [-0.2, 0) is 10.0 Å². The number of halogens is 2. The standard InChI is InChI=1S/C16H16F2N2O3S/c1-10(2)20-24(22,23)13-6-3-11(4-7-13)16(21)19-15-8-5-12(17)9-14(15)18/h3-10,20H,1-2H3,(H,19,21). The van der Waals surface area contributed by atoms with Crippen LogP contribution in [0.15, 0.2) is 47.4 Å². The van der Waals surface area contributed by atoms with Crippen LogP contribution in [0.4, 0.5) is 14.5 Å². The third kappa shape index (κ3) is 4.36. The Morgan fingerprint density at radius 1 is 1.04 bits per heavy atom. The van der Waals surface area contributed by atoms with Crippen LogP contribution in [0.3, 0.4) is 0 Å². The molecule has 2 aromatic carbocycles. The van der Waals surface area contributed by atoms with Crippen LogP contribution in [0, 0.1) is 11.6 Å². The highest BCUT2D eigenvalue weighted by atomic mass is 32.2. The van der Waals surface area contributed by atoms with Gasteiger partial charge >= 0.3 is 0 Å². The number of carbonyl (C=O) groups is 1. The number of sulfonamides is 1. The van der Waals surface area contributed by atoms with Gasteiger partial charge in [-0.2, -0.15) is 0 Å². The minimum absolute atomic E-state index is 0.0145. The fraction of sp³-hybridized carbons (Fsp3) is 0.188. The van der Waals surface area contributed by atoms with E-state index in [-0.39, 0.29) is 22.2 Å². The number of hydrogen-bond acceptors (Lipinski definition) is 3. The molecule has 0 heterocycles. The molecule has 2 rings (SSSR count). The first kappa shape index (κ1) is 18.0. The van der Waals surface area contributed by atoms with Gasteiger partial charge in [-0.1, -0.05) is 0 Å². The van der Waals surface area contributed by atoms with E-state index in [0.717, 1.165) is 12.1 Å². The molecule has 1 amide bonds. The van der Waals surface area contributed by atoms with E-state index in [1.807, 2.05) is 0 Å². The molecular weight excluding hydrogens is 338 g/mol. The van der Waals surface area contributed by atoms with Crippen LogP contribution >= 0.6 is 0 Å². The Bertz CT molecular complexity index is 850. The summed E-state index contributed by atoms with van der Waals surface area (Å²) in [7, 11) is -3.66. The smallest absolute Gasteiger partial charge is 0.255 e. The zero-order valence-electron chi connectivity index (χ0n) is 13.0. The highest BCUT2D eigenvalue weighted by Gasteiger charge is 2.16. The monoisotopic (exact) mass is 354 g/mol. The van der Waals surface area contributed by atoms with Gasteiger partial charge in [-0.3, -0.25) is 4.79 Å². The van der Waals surface area contributed by atoms with E-state index in [1.54, 1.807) is 13.8 Å². The van der Waals surface area contributed by atoms with Gasteiger partial charge in [0.2, 0.25) is 10.0 Å². The number of nitrogens with one attached hydrogen (secondary N) is 2. The summed E-state index contributed by atoms with van der Waals surface area (Å²) in [5.74, 6) is -2.29. The van der Waals surface area contributed by atoms with Crippen LogP contribution < -0.4 is 10.0 Å². The lowest BCUT2D eigenvalue weighted by atomic mass is 10.2. The largest absolute Gasteiger partial charge is 0.319 e. The molecule has 0 aliphatic carbocycles. The molecular formula is C16H16F2N2O3S. The van der Waals surface area contributed by atoms with Crippen molar-refractivity contribution in [3.8, 4) is 0 Å². The topological polar surface area (TPSA) is 75.3 Å². The van der Waals surface area contributed by atoms with E-state index in [9.17, 15) is 22.0 Å². The van der Waals surface area contributed by atoms with Gasteiger partial charge in [0.1, 0.15) is 11.6 Å². The molecule has 2 N–H and O–H groups in total. The van der Waals surface area contributed by atoms with Crippen LogP contribution in [0.25, 0.3) is 0 Å². The van der Waals surface area contributed by atoms with E-state index in [0.29, 0.717) is 6.07 Å². The van der Waals surface area contributed by atoms with Crippen LogP contribution in [0.2, 0.25) is 0 Å². The molecule has 0 saturated carbocycles. The van der Waals surface area contributed by atoms with Gasteiger partial charge in [-0.05, 0) is 50.2 Å². The molecule has 0 unspecified atom stereocenters. The zero-order valence-corrected chi connectivity index (χ0v) is 13.8. The Kier molecular flexibility index (Phi) is 5.30. The molecule has 0 bridgehead atoms. The maximum absolute atomic E-state index is 13.5. The zero-order chi connectivity index (χ0) is 17.9. The van der Waals surface area contributed by atoms with E-state index in [4.69, 9.17) is 0 Å². The number of anilines is 1. The summed E-state index contributed by atoms with van der Waals surface area (Å²) in [6.45, 7) is 3.38. The fourth-order valence-corrected chi connectivity index (χ4v) is 3.20. The summed E-state index contributed by atoms with van der Waals surface area (Å²) in [5.41, 5.74) is -0.0261. The third-order valence-corrected chi connectivity index (χ3v) is 4.67. The summed E-state index contributed by atoms with van der Waals surface area (Å²) in [6, 6.07) is 7.70. The number of rotatable bonds is 5. The van der Waals surface area contributed by atoms with Crippen LogP contribution in [0.1, 0.15) is 24.2 Å². The summed E-state index contributed by atoms with van der Waals surface area (Å²) in [6.07, 6.45) is 0. The molecule has 0 atom stereocenters. The van der Waals surface area contributed by atoms with Crippen molar-refractivity contribution < 1.29 is 22.0 Å². The van der Waals surface area contributed by atoms with Crippen molar-refractivity contribution in [2.24, 2.45) is 0 Å². The Labute approximate surface area is 138 Å². The van der Waals surface area contributed by atoms with Gasteiger partial charge in [-0.25, -0.2) is 21.9 Å². The average Bonchev–Trinajstić information content (AvgIpc) is 2.49. The molecule has 0 aliphatic heterocycles. The summed E-state index contributed by atoms with van der Waals surface area (Å²) < 4.78 is 52.8. The van der Waals surface area contributed by atoms with Crippen LogP contribution in [0.5, 0.6) is 0 Å². The van der Waals surface area contributed by atoms with E-state index >= 15 is 0 Å². The first-order valence-electron chi connectivity index (χ1n) is 7.08. The summed E-state index contributed by atoms with van der Waals surface area (Å²) in [5, 5.41) is 2.30. The molecule has 0 saturated heterocycles. The number of benzene rings is 2. The van der Waals surface area contributed by atoms with Crippen LogP contribution in [-0.4, -0.2) is 20.4 Å². The Hall–Kier alpha value is -2.32. The lowest BCUT2D eigenvalue weighted by molar-refractivity contribution is 0.102. The van der Waals surface area contributed by atoms with Crippen molar-refractivity contribution in [1.82, 2.24) is 4.72 Å². The maximum atomic E-state index is 13.5. The number of amides is 1. The Morgan fingerprint density at radius 3 is 2.21 bits per heavy atom. The minimum Gasteiger partial charge on any atom is -0.319 e. The molecule has 24 heavy (non-hydrogen) atoms. The molecule has 2 aromatic rings. The molecule has 0 spiro atoms. The molecule has 0 fully saturated rings. The SMILES string of the molecule is CC(C)NS(=O)(=O)c1ccc(C(=O)Nc2ccc(F)cc2F)cc1. The maximum Gasteiger partial charge on any atom is 0.255 e. The third-order valence-electron chi connectivity index (χ3n) is 3.00. The molecule has 5 nitrogen and oxygen atoms in total. The lowest BCUT2D eigenvalue weighted by Gasteiger charge is -2.10. The fourth-order valence-electron chi connectivity index (χ4n) is 1.95. The second-order valence-corrected chi connectivity index (χ2v) is 7.09. The van der Waals surface area contributed by atoms with Crippen molar-refractivity contribution in [2.45, 2.75) is 24.8 Å². The normalized spacial score (nSPS) is 11.5. The Balaban J connectivity index is 2.17. The second kappa shape index (κ2) is 7.06. The van der Waals surface area contributed by atoms with Crippen molar-refractivity contribution >= 4 is 21.6 Å². The van der Waals surface area contributed by atoms with Crippen molar-refractivity contribution in [1.29, 1.82) is 0 Å². The quantitative estimate of drug-likeness (QED) is 0.867. The van der Waals surface area contributed by atoms with E-state index in [2.05, 4.69) is 10.0 Å². The van der Waals surface area contributed by atoms with Gasteiger partial charge < -0.3 is 5.32 Å². The first-order valence-corrected chi connectivity index (χ1v) is 8.56. The van der Waals surface area contributed by atoms with E-state index < -0.39 is 27.6 Å². The van der Waals surface area contributed by atoms with E-state index in [1.165, 1.54) is 24.3 Å². The van der Waals surface area contributed by atoms with Gasteiger partial charge in [0.05, 0.1) is 10.6 Å². The highest BCUT2D eigenvalue weighted by Crippen LogP contribution is 2.17. The molecule has 8 heteroatoms. The molecule has 0 aliphatic rings. The average molecular weight is 354 g/mol. The molecule has 0 radical (unpaired) electrons. The number of hydrogen-bond donors (Lipinski definition) is 2. The van der Waals surface area contributed by atoms with Gasteiger partial charge in [0.25, 0.3) is 5.91 Å². The first-order chi connectivity index (χ1) is 11.2. The Morgan fingerprint density at radius 2 is 1.67 bits per heavy atom. The van der Waals surface area contributed by atoms with Crippen molar-refractivity contribution in [2.75, 3.05) is 5.32 Å². The number of carbonyl (C=O) groups excluding carboxylic acids is 1. The highest BCUT2D eigenvalue weighted by molar-refractivity contribution is 7.89. The minimum atomic E-state index is -3.66. The molecule has 128 valence electrons. The van der Waals surface area contributed by atoms with Gasteiger partial charge in [-0.15, -0.1) is 0 Å². The van der Waals surface area contributed by atoms with Gasteiger partial charge in [0.15, 0.2) is 0 Å². The molecule has 0 aromatic heterocycles.